The first-order valence-corrected chi connectivity index (χ1v) is 9.92. The van der Waals surface area contributed by atoms with E-state index in [0.29, 0.717) is 12.5 Å². The number of rotatable bonds is 7. The number of nitrogens with one attached hydrogen (secondary N) is 2. The van der Waals surface area contributed by atoms with Crippen LogP contribution in [0.25, 0.3) is 0 Å². The normalized spacial score (nSPS) is 16.6. The minimum atomic E-state index is -4.38. The number of aliphatic imine (C=N–C) groups is 1. The minimum absolute atomic E-state index is 0. The summed E-state index contributed by atoms with van der Waals surface area (Å²) in [6, 6.07) is 13.7. The van der Waals surface area contributed by atoms with Gasteiger partial charge in [0.15, 0.2) is 12.6 Å². The van der Waals surface area contributed by atoms with Crippen LogP contribution in [0.5, 0.6) is 5.88 Å². The lowest BCUT2D eigenvalue weighted by Crippen LogP contribution is -2.44. The molecule has 1 aromatic heterocycles. The Balaban J connectivity index is 0.00000341. The summed E-state index contributed by atoms with van der Waals surface area (Å²) < 4.78 is 41.2. The molecular formula is C21H27F3IN5O. The molecule has 170 valence electrons. The number of para-hydroxylation sites is 1. The molecule has 0 spiro atoms. The first kappa shape index (κ1) is 25.0. The summed E-state index contributed by atoms with van der Waals surface area (Å²) in [7, 11) is 0. The van der Waals surface area contributed by atoms with E-state index < -0.39 is 12.8 Å². The Labute approximate surface area is 197 Å². The highest BCUT2D eigenvalue weighted by atomic mass is 127. The van der Waals surface area contributed by atoms with E-state index in [4.69, 9.17) is 0 Å². The molecule has 3 rings (SSSR count). The molecule has 0 radical (unpaired) electrons. The lowest BCUT2D eigenvalue weighted by molar-refractivity contribution is -0.154. The second-order valence-corrected chi connectivity index (χ2v) is 7.02. The van der Waals surface area contributed by atoms with Crippen LogP contribution in [0, 0.1) is 0 Å². The maximum absolute atomic E-state index is 12.2. The number of halogens is 4. The highest BCUT2D eigenvalue weighted by Crippen LogP contribution is 2.20. The van der Waals surface area contributed by atoms with Crippen molar-refractivity contribution < 1.29 is 17.9 Å². The van der Waals surface area contributed by atoms with Crippen molar-refractivity contribution in [1.29, 1.82) is 0 Å². The molecule has 1 atom stereocenters. The van der Waals surface area contributed by atoms with E-state index in [2.05, 4.69) is 42.4 Å². The van der Waals surface area contributed by atoms with Gasteiger partial charge in [0.2, 0.25) is 5.88 Å². The second kappa shape index (κ2) is 12.0. The van der Waals surface area contributed by atoms with Crippen LogP contribution in [0.4, 0.5) is 18.9 Å². The molecule has 1 fully saturated rings. The fraction of sp³-hybridized carbons (Fsp3) is 0.429. The summed E-state index contributed by atoms with van der Waals surface area (Å²) in [5, 5.41) is 6.70. The van der Waals surface area contributed by atoms with Crippen LogP contribution in [-0.4, -0.2) is 49.4 Å². The van der Waals surface area contributed by atoms with E-state index in [1.54, 1.807) is 6.07 Å². The Morgan fingerprint density at radius 3 is 2.65 bits per heavy atom. The third-order valence-electron chi connectivity index (χ3n) is 4.60. The van der Waals surface area contributed by atoms with Gasteiger partial charge in [0, 0.05) is 43.6 Å². The highest BCUT2D eigenvalue weighted by Gasteiger charge is 2.28. The van der Waals surface area contributed by atoms with Crippen molar-refractivity contribution in [2.24, 2.45) is 4.99 Å². The van der Waals surface area contributed by atoms with Crippen LogP contribution in [0.15, 0.2) is 53.7 Å². The summed E-state index contributed by atoms with van der Waals surface area (Å²) in [4.78, 5) is 10.8. The quantitative estimate of drug-likeness (QED) is 0.311. The number of anilines is 1. The fourth-order valence-electron chi connectivity index (χ4n) is 3.18. The van der Waals surface area contributed by atoms with Crippen molar-refractivity contribution in [2.75, 3.05) is 31.1 Å². The third-order valence-corrected chi connectivity index (χ3v) is 4.60. The Morgan fingerprint density at radius 2 is 2.00 bits per heavy atom. The smallest absolute Gasteiger partial charge is 0.422 e. The van der Waals surface area contributed by atoms with E-state index in [1.807, 2.05) is 25.1 Å². The second-order valence-electron chi connectivity index (χ2n) is 7.02. The standard InChI is InChI=1S/C21H26F3N5O.HI/c1-2-25-20(28-17-10-11-29(14-17)18-6-4-3-5-7-18)27-13-16-8-9-19(26-12-16)30-15-21(22,23)24;/h3-9,12,17H,2,10-11,13-15H2,1H3,(H2,25,27,28);1H. The number of hydrogen-bond acceptors (Lipinski definition) is 4. The molecule has 1 unspecified atom stereocenters. The van der Waals surface area contributed by atoms with Gasteiger partial charge in [0.25, 0.3) is 0 Å². The van der Waals surface area contributed by atoms with Gasteiger partial charge in [-0.15, -0.1) is 24.0 Å². The van der Waals surface area contributed by atoms with Crippen LogP contribution in [0.3, 0.4) is 0 Å². The van der Waals surface area contributed by atoms with Crippen LogP contribution in [-0.2, 0) is 6.54 Å². The summed E-state index contributed by atoms with van der Waals surface area (Å²) in [5.74, 6) is 0.645. The van der Waals surface area contributed by atoms with Crippen LogP contribution < -0.4 is 20.3 Å². The number of pyridine rings is 1. The number of aromatic nitrogens is 1. The largest absolute Gasteiger partial charge is 0.468 e. The van der Waals surface area contributed by atoms with Crippen LogP contribution in [0.2, 0.25) is 0 Å². The molecule has 31 heavy (non-hydrogen) atoms. The van der Waals surface area contributed by atoms with Crippen LogP contribution >= 0.6 is 24.0 Å². The van der Waals surface area contributed by atoms with Crippen molar-refractivity contribution in [3.05, 3.63) is 54.2 Å². The number of guanidine groups is 1. The first-order valence-electron chi connectivity index (χ1n) is 9.92. The molecule has 0 bridgehead atoms. The average molecular weight is 549 g/mol. The first-order chi connectivity index (χ1) is 14.4. The number of hydrogen-bond donors (Lipinski definition) is 2. The molecule has 0 aliphatic carbocycles. The van der Waals surface area contributed by atoms with Crippen molar-refractivity contribution >= 4 is 35.6 Å². The minimum Gasteiger partial charge on any atom is -0.468 e. The van der Waals surface area contributed by atoms with E-state index in [1.165, 1.54) is 18.0 Å². The number of ether oxygens (including phenoxy) is 1. The zero-order valence-electron chi connectivity index (χ0n) is 17.2. The maximum Gasteiger partial charge on any atom is 0.422 e. The van der Waals surface area contributed by atoms with Crippen molar-refractivity contribution in [3.8, 4) is 5.88 Å². The number of alkyl halides is 3. The van der Waals surface area contributed by atoms with Gasteiger partial charge < -0.3 is 20.3 Å². The molecular weight excluding hydrogens is 522 g/mol. The summed E-state index contributed by atoms with van der Waals surface area (Å²) in [6.07, 6.45) is -1.90. The topological polar surface area (TPSA) is 61.8 Å². The molecule has 1 aliphatic rings. The predicted molar refractivity (Wildman–Crippen MR) is 126 cm³/mol. The third kappa shape index (κ3) is 8.42. The van der Waals surface area contributed by atoms with E-state index in [-0.39, 0.29) is 35.9 Å². The molecule has 2 heterocycles. The highest BCUT2D eigenvalue weighted by molar-refractivity contribution is 14.0. The Morgan fingerprint density at radius 1 is 1.23 bits per heavy atom. The number of nitrogens with zero attached hydrogens (tertiary/aromatic N) is 3. The molecule has 0 saturated carbocycles. The molecule has 6 nitrogen and oxygen atoms in total. The van der Waals surface area contributed by atoms with Gasteiger partial charge in [-0.1, -0.05) is 24.3 Å². The summed E-state index contributed by atoms with van der Waals surface area (Å²) >= 11 is 0. The fourth-order valence-corrected chi connectivity index (χ4v) is 3.18. The predicted octanol–water partition coefficient (Wildman–Crippen LogP) is 3.97. The Hall–Kier alpha value is -2.24. The van der Waals surface area contributed by atoms with Crippen molar-refractivity contribution in [2.45, 2.75) is 32.1 Å². The molecule has 1 aromatic carbocycles. The monoisotopic (exact) mass is 549 g/mol. The molecule has 0 amide bonds. The summed E-state index contributed by atoms with van der Waals surface area (Å²) in [6.45, 7) is 3.59. The van der Waals surface area contributed by atoms with Gasteiger partial charge in [-0.3, -0.25) is 0 Å². The SMILES string of the molecule is CCNC(=NCc1ccc(OCC(F)(F)F)nc1)NC1CCN(c2ccccc2)C1.I. The van der Waals surface area contributed by atoms with Crippen molar-refractivity contribution in [1.82, 2.24) is 15.6 Å². The van der Waals surface area contributed by atoms with Gasteiger partial charge in [-0.25, -0.2) is 9.98 Å². The van der Waals surface area contributed by atoms with Gasteiger partial charge in [-0.2, -0.15) is 13.2 Å². The van der Waals surface area contributed by atoms with E-state index >= 15 is 0 Å². The Kier molecular flexibility index (Phi) is 9.66. The molecule has 10 heteroatoms. The van der Waals surface area contributed by atoms with Gasteiger partial charge in [-0.05, 0) is 31.0 Å². The molecule has 1 aliphatic heterocycles. The number of benzene rings is 1. The lowest BCUT2D eigenvalue weighted by atomic mass is 10.2. The summed E-state index contributed by atoms with van der Waals surface area (Å²) in [5.41, 5.74) is 1.99. The average Bonchev–Trinajstić information content (AvgIpc) is 3.20. The maximum atomic E-state index is 12.2. The zero-order chi connectivity index (χ0) is 21.4. The molecule has 2 aromatic rings. The molecule has 2 N–H and O–H groups in total. The van der Waals surface area contributed by atoms with Gasteiger partial charge in [0.1, 0.15) is 0 Å². The van der Waals surface area contributed by atoms with Gasteiger partial charge in [0.05, 0.1) is 6.54 Å². The van der Waals surface area contributed by atoms with E-state index in [0.717, 1.165) is 31.6 Å². The van der Waals surface area contributed by atoms with E-state index in [9.17, 15) is 13.2 Å². The Bertz CT molecular complexity index is 818. The molecule has 1 saturated heterocycles. The van der Waals surface area contributed by atoms with Crippen molar-refractivity contribution in [3.63, 3.8) is 0 Å². The van der Waals surface area contributed by atoms with Crippen LogP contribution in [0.1, 0.15) is 18.9 Å². The van der Waals surface area contributed by atoms with Gasteiger partial charge >= 0.3 is 6.18 Å². The zero-order valence-corrected chi connectivity index (χ0v) is 19.6. The lowest BCUT2D eigenvalue weighted by Gasteiger charge is -2.20.